The number of nitrogens with zero attached hydrogens (tertiary/aromatic N) is 6. The molecule has 106 valence electrons. The fourth-order valence-electron chi connectivity index (χ4n) is 1.91. The monoisotopic (exact) mass is 284 g/mol. The zero-order chi connectivity index (χ0) is 14.8. The average molecular weight is 284 g/mol. The number of nitrogens with one attached hydrogen (secondary N) is 1. The Kier molecular flexibility index (Phi) is 3.07. The van der Waals surface area contributed by atoms with Crippen LogP contribution in [0.15, 0.2) is 37.2 Å². The van der Waals surface area contributed by atoms with Crippen LogP contribution < -0.4 is 11.1 Å². The minimum atomic E-state index is -0.373. The Balaban J connectivity index is 1.94. The summed E-state index contributed by atoms with van der Waals surface area (Å²) >= 11 is 0. The molecule has 1 amide bonds. The molecule has 9 heteroatoms. The molecular weight excluding hydrogens is 272 g/mol. The van der Waals surface area contributed by atoms with Crippen molar-refractivity contribution < 1.29 is 4.79 Å². The number of hydrogen-bond donors (Lipinski definition) is 2. The minimum absolute atomic E-state index is 0.281. The molecule has 0 saturated carbocycles. The van der Waals surface area contributed by atoms with Gasteiger partial charge in [-0.15, -0.1) is 0 Å². The molecule has 3 heterocycles. The average Bonchev–Trinajstić information content (AvgIpc) is 3.10. The first-order valence-corrected chi connectivity index (χ1v) is 6.05. The van der Waals surface area contributed by atoms with Crippen LogP contribution in [0.5, 0.6) is 0 Å². The summed E-state index contributed by atoms with van der Waals surface area (Å²) in [7, 11) is 1.65. The van der Waals surface area contributed by atoms with Gasteiger partial charge in [-0.25, -0.2) is 14.6 Å². The van der Waals surface area contributed by atoms with Crippen LogP contribution in [0, 0.1) is 0 Å². The fourth-order valence-corrected chi connectivity index (χ4v) is 1.91. The Morgan fingerprint density at radius 2 is 2.24 bits per heavy atom. The maximum Gasteiger partial charge on any atom is 0.276 e. The van der Waals surface area contributed by atoms with Crippen LogP contribution in [0.1, 0.15) is 10.5 Å². The number of pyridine rings is 1. The second-order valence-corrected chi connectivity index (χ2v) is 4.24. The normalized spacial score (nSPS) is 10.5. The fraction of sp³-hybridized carbons (Fsp3) is 0.0833. The first kappa shape index (κ1) is 12.8. The van der Waals surface area contributed by atoms with Gasteiger partial charge in [0.15, 0.2) is 5.82 Å². The zero-order valence-corrected chi connectivity index (χ0v) is 11.1. The molecule has 0 saturated heterocycles. The number of carbonyl (C=O) groups is 1. The van der Waals surface area contributed by atoms with Crippen LogP contribution in [0.4, 0.5) is 11.4 Å². The van der Waals surface area contributed by atoms with Crippen molar-refractivity contribution in [1.82, 2.24) is 29.5 Å². The highest BCUT2D eigenvalue weighted by Crippen LogP contribution is 2.18. The van der Waals surface area contributed by atoms with Crippen molar-refractivity contribution in [3.8, 4) is 5.82 Å². The second-order valence-electron chi connectivity index (χ2n) is 4.24. The highest BCUT2D eigenvalue weighted by Gasteiger charge is 2.17. The summed E-state index contributed by atoms with van der Waals surface area (Å²) in [6, 6.07) is 3.43. The summed E-state index contributed by atoms with van der Waals surface area (Å²) in [4.78, 5) is 20.4. The largest absolute Gasteiger partial charge is 0.396 e. The van der Waals surface area contributed by atoms with Gasteiger partial charge in [0.05, 0.1) is 17.6 Å². The Labute approximate surface area is 119 Å². The molecule has 0 aliphatic heterocycles. The van der Waals surface area contributed by atoms with E-state index in [1.165, 1.54) is 28.2 Å². The van der Waals surface area contributed by atoms with Crippen molar-refractivity contribution in [3.05, 3.63) is 42.9 Å². The standard InChI is InChI=1S/C12H12N8O/c1-19-10(8(13)5-16-19)12(21)18-9-3-2-4-15-11(9)20-7-14-6-17-20/h2-7H,13H2,1H3,(H,18,21). The lowest BCUT2D eigenvalue weighted by Crippen LogP contribution is -2.19. The lowest BCUT2D eigenvalue weighted by atomic mass is 10.3. The number of aromatic nitrogens is 6. The molecule has 0 fully saturated rings. The van der Waals surface area contributed by atoms with Crippen molar-refractivity contribution in [2.75, 3.05) is 11.1 Å². The number of nitrogen functional groups attached to an aromatic ring is 1. The van der Waals surface area contributed by atoms with E-state index >= 15 is 0 Å². The van der Waals surface area contributed by atoms with Gasteiger partial charge in [-0.3, -0.25) is 9.48 Å². The van der Waals surface area contributed by atoms with Crippen molar-refractivity contribution >= 4 is 17.3 Å². The number of anilines is 2. The molecular formula is C12H12N8O. The second kappa shape index (κ2) is 5.04. The number of nitrogens with two attached hydrogens (primary N) is 1. The van der Waals surface area contributed by atoms with Crippen molar-refractivity contribution in [2.45, 2.75) is 0 Å². The minimum Gasteiger partial charge on any atom is -0.396 e. The summed E-state index contributed by atoms with van der Waals surface area (Å²) in [5, 5.41) is 10.7. The number of carbonyl (C=O) groups excluding carboxylic acids is 1. The molecule has 21 heavy (non-hydrogen) atoms. The molecule has 3 N–H and O–H groups in total. The van der Waals surface area contributed by atoms with Gasteiger partial charge in [0.1, 0.15) is 18.3 Å². The van der Waals surface area contributed by atoms with Gasteiger partial charge in [-0.2, -0.15) is 10.2 Å². The molecule has 0 unspecified atom stereocenters. The first-order valence-electron chi connectivity index (χ1n) is 6.05. The van der Waals surface area contributed by atoms with Gasteiger partial charge < -0.3 is 11.1 Å². The first-order chi connectivity index (χ1) is 10.2. The van der Waals surface area contributed by atoms with Crippen LogP contribution in [-0.2, 0) is 7.05 Å². The van der Waals surface area contributed by atoms with E-state index in [4.69, 9.17) is 5.73 Å². The van der Waals surface area contributed by atoms with Crippen molar-refractivity contribution in [1.29, 1.82) is 0 Å². The van der Waals surface area contributed by atoms with Crippen LogP contribution in [0.3, 0.4) is 0 Å². The van der Waals surface area contributed by atoms with Crippen LogP contribution in [-0.4, -0.2) is 35.4 Å². The van der Waals surface area contributed by atoms with E-state index in [9.17, 15) is 4.79 Å². The molecule has 0 spiro atoms. The smallest absolute Gasteiger partial charge is 0.276 e. The van der Waals surface area contributed by atoms with Gasteiger partial charge in [0.25, 0.3) is 5.91 Å². The van der Waals surface area contributed by atoms with Gasteiger partial charge in [-0.1, -0.05) is 0 Å². The molecule has 0 radical (unpaired) electrons. The highest BCUT2D eigenvalue weighted by atomic mass is 16.2. The van der Waals surface area contributed by atoms with E-state index in [0.717, 1.165) is 0 Å². The van der Waals surface area contributed by atoms with Crippen molar-refractivity contribution in [2.24, 2.45) is 7.05 Å². The summed E-state index contributed by atoms with van der Waals surface area (Å²) < 4.78 is 2.87. The molecule has 9 nitrogen and oxygen atoms in total. The summed E-state index contributed by atoms with van der Waals surface area (Å²) in [5.41, 5.74) is 6.82. The molecule has 3 aromatic heterocycles. The van der Waals surface area contributed by atoms with E-state index in [1.807, 2.05) is 0 Å². The molecule has 3 rings (SSSR count). The molecule has 0 aliphatic rings. The van der Waals surface area contributed by atoms with E-state index in [1.54, 1.807) is 25.4 Å². The summed E-state index contributed by atoms with van der Waals surface area (Å²) in [6.07, 6.45) is 5.91. The van der Waals surface area contributed by atoms with Crippen LogP contribution >= 0.6 is 0 Å². The zero-order valence-electron chi connectivity index (χ0n) is 11.1. The van der Waals surface area contributed by atoms with E-state index in [-0.39, 0.29) is 11.6 Å². The Bertz CT molecular complexity index is 757. The number of hydrogen-bond acceptors (Lipinski definition) is 6. The topological polar surface area (TPSA) is 117 Å². The third-order valence-electron chi connectivity index (χ3n) is 2.85. The highest BCUT2D eigenvalue weighted by molar-refractivity contribution is 6.07. The van der Waals surface area contributed by atoms with Gasteiger partial charge in [0.2, 0.25) is 0 Å². The number of amides is 1. The SMILES string of the molecule is Cn1ncc(N)c1C(=O)Nc1cccnc1-n1cncn1. The lowest BCUT2D eigenvalue weighted by molar-refractivity contribution is 0.101. The van der Waals surface area contributed by atoms with Gasteiger partial charge in [-0.05, 0) is 12.1 Å². The van der Waals surface area contributed by atoms with E-state index < -0.39 is 0 Å². The van der Waals surface area contributed by atoms with Crippen molar-refractivity contribution in [3.63, 3.8) is 0 Å². The number of aryl methyl sites for hydroxylation is 1. The summed E-state index contributed by atoms with van der Waals surface area (Å²) in [6.45, 7) is 0. The Morgan fingerprint density at radius 3 is 2.90 bits per heavy atom. The van der Waals surface area contributed by atoms with Crippen LogP contribution in [0.2, 0.25) is 0 Å². The molecule has 0 aliphatic carbocycles. The third kappa shape index (κ3) is 2.31. The van der Waals surface area contributed by atoms with Gasteiger partial charge >= 0.3 is 0 Å². The predicted molar refractivity (Wildman–Crippen MR) is 74.7 cm³/mol. The summed E-state index contributed by atoms with van der Waals surface area (Å²) in [5.74, 6) is 0.0888. The lowest BCUT2D eigenvalue weighted by Gasteiger charge is -2.10. The maximum absolute atomic E-state index is 12.3. The maximum atomic E-state index is 12.3. The Hall–Kier alpha value is -3.23. The molecule has 3 aromatic rings. The Morgan fingerprint density at radius 1 is 1.38 bits per heavy atom. The van der Waals surface area contributed by atoms with E-state index in [2.05, 4.69) is 25.5 Å². The molecule has 0 aromatic carbocycles. The molecule has 0 bridgehead atoms. The number of rotatable bonds is 3. The quantitative estimate of drug-likeness (QED) is 0.711. The van der Waals surface area contributed by atoms with Gasteiger partial charge in [0, 0.05) is 13.2 Å². The van der Waals surface area contributed by atoms with E-state index in [0.29, 0.717) is 17.2 Å². The van der Waals surface area contributed by atoms with Crippen LogP contribution in [0.25, 0.3) is 5.82 Å². The third-order valence-corrected chi connectivity index (χ3v) is 2.85. The predicted octanol–water partition coefficient (Wildman–Crippen LogP) is 0.230. The molecule has 0 atom stereocenters.